The lowest BCUT2D eigenvalue weighted by Gasteiger charge is -1.99. The van der Waals surface area contributed by atoms with Crippen LogP contribution in [0, 0.1) is 0 Å². The first-order chi connectivity index (χ1) is 7.20. The summed E-state index contributed by atoms with van der Waals surface area (Å²) in [5.74, 6) is -0.391. The lowest BCUT2D eigenvalue weighted by Crippen LogP contribution is -2.00. The maximum absolute atomic E-state index is 11.4. The van der Waals surface area contributed by atoms with Crippen LogP contribution in [0.2, 0.25) is 0 Å². The Balaban J connectivity index is 2.40. The molecule has 1 atom stereocenters. The molecule has 0 saturated heterocycles. The molecule has 1 aromatic carbocycles. The molecule has 3 heteroatoms. The van der Waals surface area contributed by atoms with Gasteiger partial charge >= 0.3 is 5.97 Å². The molecule has 0 aliphatic heterocycles. The van der Waals surface area contributed by atoms with Crippen molar-refractivity contribution in [2.75, 3.05) is 0 Å². The van der Waals surface area contributed by atoms with E-state index in [1.54, 1.807) is 37.3 Å². The first-order valence-corrected chi connectivity index (χ1v) is 4.79. The molecule has 0 fully saturated rings. The molecule has 3 nitrogen and oxygen atoms in total. The molecule has 0 aromatic heterocycles. The van der Waals surface area contributed by atoms with Gasteiger partial charge in [0.25, 0.3) is 0 Å². The summed E-state index contributed by atoms with van der Waals surface area (Å²) in [5.41, 5.74) is 0.513. The van der Waals surface area contributed by atoms with E-state index in [0.717, 1.165) is 0 Å². The van der Waals surface area contributed by atoms with Crippen LogP contribution in [0.1, 0.15) is 23.7 Å². The van der Waals surface area contributed by atoms with E-state index in [9.17, 15) is 4.79 Å². The Bertz CT molecular complexity index is 328. The van der Waals surface area contributed by atoms with Crippen molar-refractivity contribution >= 4 is 5.97 Å². The fourth-order valence-corrected chi connectivity index (χ4v) is 1.00. The van der Waals surface area contributed by atoms with Crippen molar-refractivity contribution in [3.05, 3.63) is 48.2 Å². The molecular weight excluding hydrogens is 192 g/mol. The molecule has 0 aliphatic carbocycles. The van der Waals surface area contributed by atoms with Crippen molar-refractivity contribution in [2.24, 2.45) is 0 Å². The maximum Gasteiger partial charge on any atom is 0.342 e. The minimum Gasteiger partial charge on any atom is -0.431 e. The summed E-state index contributed by atoms with van der Waals surface area (Å²) in [5, 5.41) is 8.94. The second-order valence-electron chi connectivity index (χ2n) is 3.23. The Kier molecular flexibility index (Phi) is 4.57. The summed E-state index contributed by atoms with van der Waals surface area (Å²) < 4.78 is 4.85. The Labute approximate surface area is 89.0 Å². The molecule has 0 heterocycles. The molecule has 0 bridgehead atoms. The van der Waals surface area contributed by atoms with Crippen LogP contribution < -0.4 is 0 Å². The number of benzene rings is 1. The third-order valence-corrected chi connectivity index (χ3v) is 1.76. The molecular formula is C12H14O3. The van der Waals surface area contributed by atoms with E-state index in [1.807, 2.05) is 6.07 Å². The minimum absolute atomic E-state index is 0.391. The zero-order chi connectivity index (χ0) is 11.1. The lowest BCUT2D eigenvalue weighted by molar-refractivity contribution is 0.0661. The van der Waals surface area contributed by atoms with Gasteiger partial charge in [-0.1, -0.05) is 18.2 Å². The third-order valence-electron chi connectivity index (χ3n) is 1.76. The van der Waals surface area contributed by atoms with Crippen molar-refractivity contribution in [1.29, 1.82) is 0 Å². The van der Waals surface area contributed by atoms with Gasteiger partial charge in [-0.15, -0.1) is 0 Å². The maximum atomic E-state index is 11.4. The molecule has 0 amide bonds. The normalized spacial score (nSPS) is 12.7. The third kappa shape index (κ3) is 4.42. The van der Waals surface area contributed by atoms with Gasteiger partial charge in [0.05, 0.1) is 17.9 Å². The highest BCUT2D eigenvalue weighted by Crippen LogP contribution is 2.01. The topological polar surface area (TPSA) is 46.5 Å². The highest BCUT2D eigenvalue weighted by Gasteiger charge is 2.02. The summed E-state index contributed by atoms with van der Waals surface area (Å²) in [6.45, 7) is 1.67. The van der Waals surface area contributed by atoms with E-state index in [4.69, 9.17) is 9.84 Å². The number of aliphatic hydroxyl groups is 1. The second kappa shape index (κ2) is 5.98. The zero-order valence-corrected chi connectivity index (χ0v) is 8.59. The molecule has 1 rings (SSSR count). The highest BCUT2D eigenvalue weighted by atomic mass is 16.5. The Morgan fingerprint density at radius 1 is 1.47 bits per heavy atom. The van der Waals surface area contributed by atoms with Crippen LogP contribution >= 0.6 is 0 Å². The summed E-state index contributed by atoms with van der Waals surface area (Å²) in [6, 6.07) is 8.75. The number of hydrogen-bond acceptors (Lipinski definition) is 3. The molecule has 1 N–H and O–H groups in total. The van der Waals surface area contributed by atoms with Crippen LogP contribution in [0.4, 0.5) is 0 Å². The fourth-order valence-electron chi connectivity index (χ4n) is 1.00. The smallest absolute Gasteiger partial charge is 0.342 e. The van der Waals surface area contributed by atoms with Gasteiger partial charge in [-0.3, -0.25) is 0 Å². The first-order valence-electron chi connectivity index (χ1n) is 4.79. The van der Waals surface area contributed by atoms with Crippen molar-refractivity contribution in [3.63, 3.8) is 0 Å². The number of rotatable bonds is 4. The van der Waals surface area contributed by atoms with Crippen LogP contribution in [0.3, 0.4) is 0 Å². The number of aliphatic hydroxyl groups excluding tert-OH is 1. The van der Waals surface area contributed by atoms with E-state index in [2.05, 4.69) is 0 Å². The number of esters is 1. The molecule has 80 valence electrons. The monoisotopic (exact) mass is 206 g/mol. The standard InChI is InChI=1S/C12H14O3/c1-10(13)6-5-9-15-12(14)11-7-3-2-4-8-11/h2-5,7-10,13H,6H2,1H3. The van der Waals surface area contributed by atoms with Crippen molar-refractivity contribution in [3.8, 4) is 0 Å². The predicted molar refractivity (Wildman–Crippen MR) is 57.3 cm³/mol. The van der Waals surface area contributed by atoms with Crippen LogP contribution in [0.15, 0.2) is 42.7 Å². The molecule has 1 unspecified atom stereocenters. The van der Waals surface area contributed by atoms with Gasteiger partial charge in [0.15, 0.2) is 0 Å². The van der Waals surface area contributed by atoms with Crippen molar-refractivity contribution in [1.82, 2.24) is 0 Å². The first kappa shape index (κ1) is 11.5. The van der Waals surface area contributed by atoms with Gasteiger partial charge in [-0.2, -0.15) is 0 Å². The molecule has 1 aromatic rings. The van der Waals surface area contributed by atoms with E-state index in [1.165, 1.54) is 6.26 Å². The molecule has 15 heavy (non-hydrogen) atoms. The summed E-state index contributed by atoms with van der Waals surface area (Å²) in [7, 11) is 0. The quantitative estimate of drug-likeness (QED) is 0.606. The molecule has 0 aliphatic rings. The number of carbonyl (C=O) groups excluding carboxylic acids is 1. The van der Waals surface area contributed by atoms with E-state index >= 15 is 0 Å². The number of carbonyl (C=O) groups is 1. The Morgan fingerprint density at radius 3 is 2.73 bits per heavy atom. The second-order valence-corrected chi connectivity index (χ2v) is 3.23. The fraction of sp³-hybridized carbons (Fsp3) is 0.250. The van der Waals surface area contributed by atoms with E-state index in [-0.39, 0.29) is 0 Å². The largest absolute Gasteiger partial charge is 0.431 e. The van der Waals surface area contributed by atoms with Crippen LogP contribution in [0.25, 0.3) is 0 Å². The van der Waals surface area contributed by atoms with Gasteiger partial charge in [0.1, 0.15) is 0 Å². The zero-order valence-electron chi connectivity index (χ0n) is 8.59. The number of hydrogen-bond donors (Lipinski definition) is 1. The van der Waals surface area contributed by atoms with Crippen molar-refractivity contribution < 1.29 is 14.6 Å². The van der Waals surface area contributed by atoms with Gasteiger partial charge < -0.3 is 9.84 Å². The Morgan fingerprint density at radius 2 is 2.13 bits per heavy atom. The van der Waals surface area contributed by atoms with Crippen LogP contribution in [-0.4, -0.2) is 17.2 Å². The average molecular weight is 206 g/mol. The van der Waals surface area contributed by atoms with Gasteiger partial charge in [0.2, 0.25) is 0 Å². The van der Waals surface area contributed by atoms with Crippen molar-refractivity contribution in [2.45, 2.75) is 19.4 Å². The molecule has 0 spiro atoms. The summed E-state index contributed by atoms with van der Waals surface area (Å²) in [4.78, 5) is 11.4. The summed E-state index contributed by atoms with van der Waals surface area (Å²) >= 11 is 0. The van der Waals surface area contributed by atoms with Gasteiger partial charge in [-0.05, 0) is 31.6 Å². The molecule has 0 radical (unpaired) electrons. The van der Waals surface area contributed by atoms with E-state index in [0.29, 0.717) is 12.0 Å². The van der Waals surface area contributed by atoms with Gasteiger partial charge in [-0.25, -0.2) is 4.79 Å². The van der Waals surface area contributed by atoms with Crippen LogP contribution in [0.5, 0.6) is 0 Å². The lowest BCUT2D eigenvalue weighted by atomic mass is 10.2. The number of ether oxygens (including phenoxy) is 1. The van der Waals surface area contributed by atoms with Crippen LogP contribution in [-0.2, 0) is 4.74 Å². The Hall–Kier alpha value is -1.61. The predicted octanol–water partition coefficient (Wildman–Crippen LogP) is 2.13. The average Bonchev–Trinajstić information content (AvgIpc) is 2.25. The molecule has 0 saturated carbocycles. The van der Waals surface area contributed by atoms with E-state index < -0.39 is 12.1 Å². The SMILES string of the molecule is CC(O)CC=COC(=O)c1ccccc1. The summed E-state index contributed by atoms with van der Waals surface area (Å²) in [6.07, 6.45) is 2.98. The van der Waals surface area contributed by atoms with Gasteiger partial charge in [0, 0.05) is 0 Å². The highest BCUT2D eigenvalue weighted by molar-refractivity contribution is 5.89. The minimum atomic E-state index is -0.420.